The molecule has 0 aromatic carbocycles. The fourth-order valence-electron chi connectivity index (χ4n) is 1.96. The Labute approximate surface area is 102 Å². The molecule has 1 aromatic rings. The Bertz CT molecular complexity index is 357. The van der Waals surface area contributed by atoms with Crippen molar-refractivity contribution in [3.8, 4) is 0 Å². The number of hydrogen-bond donors (Lipinski definition) is 1. The van der Waals surface area contributed by atoms with Gasteiger partial charge in [0, 0.05) is 36.5 Å². The summed E-state index contributed by atoms with van der Waals surface area (Å²) in [4.78, 5) is 8.63. The highest BCUT2D eigenvalue weighted by atomic mass is 32.1. The Kier molecular flexibility index (Phi) is 3.50. The maximum Gasteiger partial charge on any atom is 0.183 e. The van der Waals surface area contributed by atoms with Gasteiger partial charge in [-0.15, -0.1) is 11.3 Å². The Hall–Kier alpha value is -0.610. The first kappa shape index (κ1) is 11.9. The minimum Gasteiger partial charge on any atom is -0.359 e. The minimum atomic E-state index is 0.466. The van der Waals surface area contributed by atoms with Crippen molar-refractivity contribution in [3.05, 3.63) is 10.6 Å². The van der Waals surface area contributed by atoms with Gasteiger partial charge >= 0.3 is 0 Å². The molecule has 0 fully saturated rings. The van der Waals surface area contributed by atoms with E-state index < -0.39 is 0 Å². The standard InChI is InChI=1S/C12H21N3S/c1-8(2)13-12-14-10-5-6-15(9(3)4)7-11(10)16-12/h8-9H,5-7H2,1-4H3,(H,13,14). The lowest BCUT2D eigenvalue weighted by Crippen LogP contribution is -2.35. The van der Waals surface area contributed by atoms with Crippen LogP contribution in [0.25, 0.3) is 0 Å². The van der Waals surface area contributed by atoms with Gasteiger partial charge in [0.1, 0.15) is 0 Å². The van der Waals surface area contributed by atoms with Crippen LogP contribution in [-0.2, 0) is 13.0 Å². The molecule has 0 atom stereocenters. The van der Waals surface area contributed by atoms with Gasteiger partial charge in [-0.3, -0.25) is 4.90 Å². The summed E-state index contributed by atoms with van der Waals surface area (Å²) in [6.45, 7) is 11.1. The van der Waals surface area contributed by atoms with Crippen molar-refractivity contribution in [3.63, 3.8) is 0 Å². The maximum atomic E-state index is 4.67. The maximum absolute atomic E-state index is 4.67. The van der Waals surface area contributed by atoms with Crippen molar-refractivity contribution in [1.82, 2.24) is 9.88 Å². The highest BCUT2D eigenvalue weighted by Gasteiger charge is 2.22. The molecule has 1 N–H and O–H groups in total. The molecule has 1 aromatic heterocycles. The van der Waals surface area contributed by atoms with Crippen molar-refractivity contribution < 1.29 is 0 Å². The van der Waals surface area contributed by atoms with Crippen molar-refractivity contribution in [1.29, 1.82) is 0 Å². The number of anilines is 1. The zero-order valence-electron chi connectivity index (χ0n) is 10.6. The summed E-state index contributed by atoms with van der Waals surface area (Å²) in [6.07, 6.45) is 1.10. The number of hydrogen-bond acceptors (Lipinski definition) is 4. The lowest BCUT2D eigenvalue weighted by atomic mass is 10.1. The van der Waals surface area contributed by atoms with Crippen LogP contribution < -0.4 is 5.32 Å². The van der Waals surface area contributed by atoms with Crippen molar-refractivity contribution >= 4 is 16.5 Å². The Morgan fingerprint density at radius 3 is 2.69 bits per heavy atom. The summed E-state index contributed by atoms with van der Waals surface area (Å²) >= 11 is 1.82. The van der Waals surface area contributed by atoms with Crippen LogP contribution in [0.4, 0.5) is 5.13 Å². The minimum absolute atomic E-state index is 0.466. The fourth-order valence-corrected chi connectivity index (χ4v) is 3.14. The first-order valence-electron chi connectivity index (χ1n) is 6.05. The summed E-state index contributed by atoms with van der Waals surface area (Å²) < 4.78 is 0. The summed E-state index contributed by atoms with van der Waals surface area (Å²) in [5.41, 5.74) is 1.31. The average molecular weight is 239 g/mol. The average Bonchev–Trinajstić information content (AvgIpc) is 2.56. The zero-order chi connectivity index (χ0) is 11.7. The molecule has 3 nitrogen and oxygen atoms in total. The monoisotopic (exact) mass is 239 g/mol. The van der Waals surface area contributed by atoms with Gasteiger partial charge in [0.15, 0.2) is 5.13 Å². The number of nitrogens with one attached hydrogen (secondary N) is 1. The third-order valence-electron chi connectivity index (χ3n) is 2.90. The molecule has 0 saturated heterocycles. The van der Waals surface area contributed by atoms with E-state index >= 15 is 0 Å². The number of thiazole rings is 1. The SMILES string of the molecule is CC(C)Nc1nc2c(s1)CN(C(C)C)CC2. The van der Waals surface area contributed by atoms with E-state index in [1.807, 2.05) is 11.3 Å². The van der Waals surface area contributed by atoms with Crippen LogP contribution in [0.5, 0.6) is 0 Å². The molecule has 2 heterocycles. The van der Waals surface area contributed by atoms with E-state index in [2.05, 4.69) is 42.9 Å². The molecule has 1 aliphatic rings. The van der Waals surface area contributed by atoms with Gasteiger partial charge < -0.3 is 5.32 Å². The van der Waals surface area contributed by atoms with Crippen molar-refractivity contribution in [2.24, 2.45) is 0 Å². The highest BCUT2D eigenvalue weighted by molar-refractivity contribution is 7.15. The van der Waals surface area contributed by atoms with Gasteiger partial charge in [-0.1, -0.05) is 0 Å². The van der Waals surface area contributed by atoms with Crippen LogP contribution in [-0.4, -0.2) is 28.5 Å². The first-order chi connectivity index (χ1) is 7.56. The van der Waals surface area contributed by atoms with Gasteiger partial charge in [-0.25, -0.2) is 4.98 Å². The van der Waals surface area contributed by atoms with Crippen LogP contribution in [0.15, 0.2) is 0 Å². The predicted octanol–water partition coefficient (Wildman–Crippen LogP) is 2.73. The van der Waals surface area contributed by atoms with Gasteiger partial charge in [-0.2, -0.15) is 0 Å². The smallest absolute Gasteiger partial charge is 0.183 e. The van der Waals surface area contributed by atoms with E-state index in [4.69, 9.17) is 0 Å². The van der Waals surface area contributed by atoms with E-state index in [1.165, 1.54) is 10.6 Å². The van der Waals surface area contributed by atoms with E-state index in [1.54, 1.807) is 0 Å². The molecule has 0 aliphatic carbocycles. The zero-order valence-corrected chi connectivity index (χ0v) is 11.4. The Balaban J connectivity index is 2.10. The number of nitrogens with zero attached hydrogens (tertiary/aromatic N) is 2. The van der Waals surface area contributed by atoms with Gasteiger partial charge in [0.05, 0.1) is 5.69 Å². The highest BCUT2D eigenvalue weighted by Crippen LogP contribution is 2.29. The van der Waals surface area contributed by atoms with E-state index in [-0.39, 0.29) is 0 Å². The van der Waals surface area contributed by atoms with Gasteiger partial charge in [0.2, 0.25) is 0 Å². The quantitative estimate of drug-likeness (QED) is 0.879. The van der Waals surface area contributed by atoms with Crippen LogP contribution in [0.1, 0.15) is 38.3 Å². The number of aromatic nitrogens is 1. The number of fused-ring (bicyclic) bond motifs is 1. The lowest BCUT2D eigenvalue weighted by molar-refractivity contribution is 0.205. The van der Waals surface area contributed by atoms with E-state index in [0.29, 0.717) is 12.1 Å². The molecule has 0 unspecified atom stereocenters. The van der Waals surface area contributed by atoms with Crippen LogP contribution in [0, 0.1) is 0 Å². The first-order valence-corrected chi connectivity index (χ1v) is 6.87. The molecule has 90 valence electrons. The Morgan fingerprint density at radius 1 is 1.31 bits per heavy atom. The molecular formula is C12H21N3S. The summed E-state index contributed by atoms with van der Waals surface area (Å²) in [5, 5.41) is 4.48. The van der Waals surface area contributed by atoms with Crippen LogP contribution in [0.3, 0.4) is 0 Å². The van der Waals surface area contributed by atoms with Crippen LogP contribution in [0.2, 0.25) is 0 Å². The topological polar surface area (TPSA) is 28.2 Å². The second kappa shape index (κ2) is 4.72. The molecule has 0 amide bonds. The number of rotatable bonds is 3. The molecule has 0 saturated carbocycles. The molecular weight excluding hydrogens is 218 g/mol. The van der Waals surface area contributed by atoms with Gasteiger partial charge in [0.25, 0.3) is 0 Å². The van der Waals surface area contributed by atoms with E-state index in [9.17, 15) is 0 Å². The summed E-state index contributed by atoms with van der Waals surface area (Å²) in [7, 11) is 0. The molecule has 16 heavy (non-hydrogen) atoms. The molecule has 0 spiro atoms. The van der Waals surface area contributed by atoms with Crippen LogP contribution >= 0.6 is 11.3 Å². The molecule has 1 aliphatic heterocycles. The van der Waals surface area contributed by atoms with Gasteiger partial charge in [-0.05, 0) is 27.7 Å². The molecule has 2 rings (SSSR count). The summed E-state index contributed by atoms with van der Waals surface area (Å²) in [5.74, 6) is 0. The second-order valence-corrected chi connectivity index (χ2v) is 6.09. The summed E-state index contributed by atoms with van der Waals surface area (Å²) in [6, 6.07) is 1.10. The molecule has 4 heteroatoms. The Morgan fingerprint density at radius 2 is 2.06 bits per heavy atom. The molecule has 0 radical (unpaired) electrons. The van der Waals surface area contributed by atoms with Crippen molar-refractivity contribution in [2.75, 3.05) is 11.9 Å². The third kappa shape index (κ3) is 2.55. The molecule has 0 bridgehead atoms. The van der Waals surface area contributed by atoms with E-state index in [0.717, 1.165) is 24.6 Å². The fraction of sp³-hybridized carbons (Fsp3) is 0.750. The lowest BCUT2D eigenvalue weighted by Gasteiger charge is -2.29. The van der Waals surface area contributed by atoms with Crippen molar-refractivity contribution in [2.45, 2.75) is 52.7 Å². The predicted molar refractivity (Wildman–Crippen MR) is 70.1 cm³/mol. The third-order valence-corrected chi connectivity index (χ3v) is 3.92. The second-order valence-electron chi connectivity index (χ2n) is 5.00. The normalized spacial score (nSPS) is 16.9. The largest absolute Gasteiger partial charge is 0.359 e.